The van der Waals surface area contributed by atoms with Gasteiger partial charge < -0.3 is 10.0 Å². The molecular weight excluding hydrogens is 393 g/mol. The summed E-state index contributed by atoms with van der Waals surface area (Å²) in [7, 11) is 0. The molecular formula is C26H22FNO3. The molecule has 1 unspecified atom stereocenters. The number of carbonyl (C=O) groups is 2. The molecule has 1 N–H and O–H groups in total. The van der Waals surface area contributed by atoms with E-state index in [1.807, 2.05) is 49.4 Å². The molecule has 0 saturated carbocycles. The lowest BCUT2D eigenvalue weighted by Crippen LogP contribution is -2.31. The number of nitrogens with zero attached hydrogens (tertiary/aromatic N) is 1. The molecule has 0 bridgehead atoms. The fourth-order valence-electron chi connectivity index (χ4n) is 3.86. The zero-order chi connectivity index (χ0) is 22.0. The SMILES string of the molecule is Cc1ccc(/C(O)=C2\C(=O)C(=O)N(CCc3ccccc3)C2c2ccc(F)cc2)cc1. The number of likely N-dealkylation sites (tertiary alicyclic amines) is 1. The zero-order valence-electron chi connectivity index (χ0n) is 17.1. The van der Waals surface area contributed by atoms with Crippen molar-refractivity contribution < 1.29 is 19.1 Å². The van der Waals surface area contributed by atoms with Gasteiger partial charge in [0, 0.05) is 12.1 Å². The molecule has 31 heavy (non-hydrogen) atoms. The summed E-state index contributed by atoms with van der Waals surface area (Å²) >= 11 is 0. The predicted octanol–water partition coefficient (Wildman–Crippen LogP) is 4.80. The Labute approximate surface area is 180 Å². The van der Waals surface area contributed by atoms with E-state index >= 15 is 0 Å². The van der Waals surface area contributed by atoms with E-state index in [9.17, 15) is 19.1 Å². The number of hydrogen-bond donors (Lipinski definition) is 1. The first-order valence-electron chi connectivity index (χ1n) is 10.1. The first-order valence-corrected chi connectivity index (χ1v) is 10.1. The number of carbonyl (C=O) groups excluding carboxylic acids is 2. The molecule has 5 heteroatoms. The molecule has 1 heterocycles. The first kappa shape index (κ1) is 20.5. The van der Waals surface area contributed by atoms with Gasteiger partial charge in [0.1, 0.15) is 11.6 Å². The van der Waals surface area contributed by atoms with Gasteiger partial charge in [-0.15, -0.1) is 0 Å². The van der Waals surface area contributed by atoms with Gasteiger partial charge in [0.2, 0.25) is 0 Å². The van der Waals surface area contributed by atoms with Crippen LogP contribution in [0.4, 0.5) is 4.39 Å². The Kier molecular flexibility index (Phi) is 5.67. The maximum absolute atomic E-state index is 13.5. The van der Waals surface area contributed by atoms with Gasteiger partial charge in [-0.1, -0.05) is 72.3 Å². The van der Waals surface area contributed by atoms with Crippen LogP contribution in [-0.4, -0.2) is 28.2 Å². The number of amides is 1. The number of halogens is 1. The predicted molar refractivity (Wildman–Crippen MR) is 117 cm³/mol. The normalized spacial score (nSPS) is 17.9. The Hall–Kier alpha value is -3.73. The van der Waals surface area contributed by atoms with Crippen molar-refractivity contribution in [3.63, 3.8) is 0 Å². The summed E-state index contributed by atoms with van der Waals surface area (Å²) in [5.41, 5.74) is 3.09. The third-order valence-electron chi connectivity index (χ3n) is 5.53. The Morgan fingerprint density at radius 3 is 2.23 bits per heavy atom. The third kappa shape index (κ3) is 4.12. The number of ketones is 1. The van der Waals surface area contributed by atoms with Crippen LogP contribution in [0.3, 0.4) is 0 Å². The molecule has 1 amide bonds. The second-order valence-electron chi connectivity index (χ2n) is 7.65. The monoisotopic (exact) mass is 415 g/mol. The van der Waals surface area contributed by atoms with Crippen molar-refractivity contribution in [1.29, 1.82) is 0 Å². The summed E-state index contributed by atoms with van der Waals surface area (Å²) in [6.45, 7) is 2.21. The Bertz CT molecular complexity index is 1140. The van der Waals surface area contributed by atoms with Gasteiger partial charge in [-0.25, -0.2) is 4.39 Å². The van der Waals surface area contributed by atoms with Gasteiger partial charge in [-0.3, -0.25) is 9.59 Å². The molecule has 3 aromatic rings. The highest BCUT2D eigenvalue weighted by atomic mass is 19.1. The maximum atomic E-state index is 13.5. The van der Waals surface area contributed by atoms with E-state index in [1.165, 1.54) is 17.0 Å². The van der Waals surface area contributed by atoms with Gasteiger partial charge in [-0.2, -0.15) is 0 Å². The lowest BCUT2D eigenvalue weighted by Gasteiger charge is -2.25. The van der Waals surface area contributed by atoms with Gasteiger partial charge in [0.25, 0.3) is 11.7 Å². The lowest BCUT2D eigenvalue weighted by atomic mass is 9.95. The molecule has 1 atom stereocenters. The van der Waals surface area contributed by atoms with Crippen molar-refractivity contribution in [2.45, 2.75) is 19.4 Å². The summed E-state index contributed by atoms with van der Waals surface area (Å²) in [6.07, 6.45) is 0.552. The van der Waals surface area contributed by atoms with Gasteiger partial charge >= 0.3 is 0 Å². The Morgan fingerprint density at radius 2 is 1.58 bits per heavy atom. The number of aliphatic hydroxyl groups is 1. The second-order valence-corrected chi connectivity index (χ2v) is 7.65. The summed E-state index contributed by atoms with van der Waals surface area (Å²) in [5, 5.41) is 11.0. The van der Waals surface area contributed by atoms with Crippen LogP contribution in [0.15, 0.2) is 84.4 Å². The fourth-order valence-corrected chi connectivity index (χ4v) is 3.86. The molecule has 3 aromatic carbocycles. The van der Waals surface area contributed by atoms with Crippen LogP contribution < -0.4 is 0 Å². The summed E-state index contributed by atoms with van der Waals surface area (Å²) in [5.74, 6) is -2.04. The van der Waals surface area contributed by atoms with Crippen molar-refractivity contribution in [3.05, 3.63) is 113 Å². The number of aliphatic hydroxyl groups excluding tert-OH is 1. The average Bonchev–Trinajstić information content (AvgIpc) is 3.04. The summed E-state index contributed by atoms with van der Waals surface area (Å²) in [6, 6.07) is 21.6. The highest BCUT2D eigenvalue weighted by Gasteiger charge is 2.45. The van der Waals surface area contributed by atoms with Crippen LogP contribution in [0.25, 0.3) is 5.76 Å². The van der Waals surface area contributed by atoms with Crippen LogP contribution in [-0.2, 0) is 16.0 Å². The molecule has 0 spiro atoms. The largest absolute Gasteiger partial charge is 0.507 e. The third-order valence-corrected chi connectivity index (χ3v) is 5.53. The van der Waals surface area contributed by atoms with E-state index in [0.29, 0.717) is 24.1 Å². The molecule has 0 radical (unpaired) electrons. The van der Waals surface area contributed by atoms with Crippen LogP contribution >= 0.6 is 0 Å². The van der Waals surface area contributed by atoms with Crippen molar-refractivity contribution in [1.82, 2.24) is 4.90 Å². The number of Topliss-reactive ketones (excluding diaryl/α,β-unsaturated/α-hetero) is 1. The molecule has 1 saturated heterocycles. The molecule has 1 fully saturated rings. The van der Waals surface area contributed by atoms with Gasteiger partial charge in [0.15, 0.2) is 0 Å². The topological polar surface area (TPSA) is 57.6 Å². The van der Waals surface area contributed by atoms with E-state index in [0.717, 1.165) is 11.1 Å². The standard InChI is InChI=1S/C26H22FNO3/c1-17-7-9-20(10-8-17)24(29)22-23(19-11-13-21(27)14-12-19)28(26(31)25(22)30)16-15-18-5-3-2-4-6-18/h2-14,23,29H,15-16H2,1H3/b24-22+. The van der Waals surface area contributed by atoms with E-state index in [1.54, 1.807) is 24.3 Å². The second kappa shape index (κ2) is 8.56. The summed E-state index contributed by atoms with van der Waals surface area (Å²) in [4.78, 5) is 27.4. The molecule has 4 nitrogen and oxygen atoms in total. The maximum Gasteiger partial charge on any atom is 0.295 e. The minimum absolute atomic E-state index is 0.0218. The van der Waals surface area contributed by atoms with E-state index in [2.05, 4.69) is 0 Å². The zero-order valence-corrected chi connectivity index (χ0v) is 17.1. The minimum atomic E-state index is -0.786. The smallest absolute Gasteiger partial charge is 0.295 e. The highest BCUT2D eigenvalue weighted by molar-refractivity contribution is 6.46. The molecule has 1 aliphatic rings. The van der Waals surface area contributed by atoms with Crippen LogP contribution in [0.5, 0.6) is 0 Å². The Morgan fingerprint density at radius 1 is 0.935 bits per heavy atom. The average molecular weight is 415 g/mol. The first-order chi connectivity index (χ1) is 15.0. The minimum Gasteiger partial charge on any atom is -0.507 e. The van der Waals surface area contributed by atoms with Crippen molar-refractivity contribution >= 4 is 17.4 Å². The van der Waals surface area contributed by atoms with E-state index in [-0.39, 0.29) is 11.3 Å². The molecule has 0 aromatic heterocycles. The number of hydrogen-bond acceptors (Lipinski definition) is 3. The van der Waals surface area contributed by atoms with Crippen molar-refractivity contribution in [2.24, 2.45) is 0 Å². The molecule has 4 rings (SSSR count). The van der Waals surface area contributed by atoms with Crippen LogP contribution in [0.2, 0.25) is 0 Å². The quantitative estimate of drug-likeness (QED) is 0.370. The highest BCUT2D eigenvalue weighted by Crippen LogP contribution is 2.39. The molecule has 0 aliphatic carbocycles. The number of benzene rings is 3. The fraction of sp³-hybridized carbons (Fsp3) is 0.154. The summed E-state index contributed by atoms with van der Waals surface area (Å²) < 4.78 is 13.5. The molecule has 1 aliphatic heterocycles. The van der Waals surface area contributed by atoms with Gasteiger partial charge in [-0.05, 0) is 36.6 Å². The number of rotatable bonds is 5. The van der Waals surface area contributed by atoms with E-state index in [4.69, 9.17) is 0 Å². The van der Waals surface area contributed by atoms with Crippen LogP contribution in [0, 0.1) is 12.7 Å². The van der Waals surface area contributed by atoms with Crippen molar-refractivity contribution in [2.75, 3.05) is 6.54 Å². The number of aryl methyl sites for hydroxylation is 1. The van der Waals surface area contributed by atoms with Crippen LogP contribution in [0.1, 0.15) is 28.3 Å². The molecule has 156 valence electrons. The van der Waals surface area contributed by atoms with Gasteiger partial charge in [0.05, 0.1) is 11.6 Å². The lowest BCUT2D eigenvalue weighted by molar-refractivity contribution is -0.139. The Balaban J connectivity index is 1.78. The van der Waals surface area contributed by atoms with E-state index < -0.39 is 23.5 Å². The van der Waals surface area contributed by atoms with Crippen molar-refractivity contribution in [3.8, 4) is 0 Å².